The molecule has 5 heteroatoms. The highest BCUT2D eigenvalue weighted by Crippen LogP contribution is 2.33. The standard InChI is InChI=1S/C16H22O4S/c21-12-7-8-13(19-15-5-1-3-9-17-15)14(11-12)20-16-6-2-4-10-18-16/h7-8,11,15-16,21H,1-6,9-10H2. The van der Waals surface area contributed by atoms with Crippen LogP contribution in [0.25, 0.3) is 0 Å². The number of thiol groups is 1. The van der Waals surface area contributed by atoms with Crippen LogP contribution in [0.5, 0.6) is 11.5 Å². The minimum atomic E-state index is -0.191. The van der Waals surface area contributed by atoms with Gasteiger partial charge >= 0.3 is 0 Å². The van der Waals surface area contributed by atoms with E-state index >= 15 is 0 Å². The first-order chi connectivity index (χ1) is 10.3. The Morgan fingerprint density at radius 3 is 2.05 bits per heavy atom. The second-order valence-corrected chi connectivity index (χ2v) is 5.98. The van der Waals surface area contributed by atoms with Gasteiger partial charge in [0.05, 0.1) is 13.2 Å². The summed E-state index contributed by atoms with van der Waals surface area (Å²) in [6, 6.07) is 5.66. The maximum absolute atomic E-state index is 5.96. The number of ether oxygens (including phenoxy) is 4. The summed E-state index contributed by atoms with van der Waals surface area (Å²) in [6.45, 7) is 1.52. The van der Waals surface area contributed by atoms with Crippen LogP contribution in [0.2, 0.25) is 0 Å². The lowest BCUT2D eigenvalue weighted by Crippen LogP contribution is -2.27. The van der Waals surface area contributed by atoms with E-state index in [0.717, 1.165) is 56.6 Å². The van der Waals surface area contributed by atoms with Gasteiger partial charge < -0.3 is 18.9 Å². The van der Waals surface area contributed by atoms with Crippen LogP contribution in [0.4, 0.5) is 0 Å². The molecule has 2 saturated heterocycles. The fourth-order valence-electron chi connectivity index (χ4n) is 2.58. The molecule has 0 amide bonds. The van der Waals surface area contributed by atoms with E-state index in [9.17, 15) is 0 Å². The molecule has 2 unspecified atom stereocenters. The fourth-order valence-corrected chi connectivity index (χ4v) is 2.77. The van der Waals surface area contributed by atoms with Crippen molar-refractivity contribution in [2.75, 3.05) is 13.2 Å². The first kappa shape index (κ1) is 15.0. The molecule has 0 aliphatic carbocycles. The van der Waals surface area contributed by atoms with Gasteiger partial charge in [0.1, 0.15) is 0 Å². The van der Waals surface area contributed by atoms with Gasteiger partial charge in [-0.15, -0.1) is 12.6 Å². The van der Waals surface area contributed by atoms with Gasteiger partial charge in [-0.3, -0.25) is 0 Å². The second kappa shape index (κ2) is 7.38. The molecule has 0 saturated carbocycles. The van der Waals surface area contributed by atoms with Crippen LogP contribution in [0.3, 0.4) is 0 Å². The van der Waals surface area contributed by atoms with E-state index in [1.165, 1.54) is 0 Å². The lowest BCUT2D eigenvalue weighted by molar-refractivity contribution is -0.119. The number of rotatable bonds is 4. The van der Waals surface area contributed by atoms with E-state index < -0.39 is 0 Å². The molecule has 21 heavy (non-hydrogen) atoms. The molecule has 0 bridgehead atoms. The van der Waals surface area contributed by atoms with Gasteiger partial charge in [-0.05, 0) is 43.9 Å². The predicted molar refractivity (Wildman–Crippen MR) is 82.1 cm³/mol. The first-order valence-corrected chi connectivity index (χ1v) is 8.15. The van der Waals surface area contributed by atoms with Crippen molar-refractivity contribution < 1.29 is 18.9 Å². The van der Waals surface area contributed by atoms with E-state index in [0.29, 0.717) is 11.5 Å². The molecule has 0 radical (unpaired) electrons. The zero-order chi connectivity index (χ0) is 14.5. The minimum Gasteiger partial charge on any atom is -0.461 e. The number of hydrogen-bond donors (Lipinski definition) is 1. The normalized spacial score (nSPS) is 26.3. The molecule has 0 aromatic heterocycles. The van der Waals surface area contributed by atoms with E-state index in [2.05, 4.69) is 12.6 Å². The topological polar surface area (TPSA) is 36.9 Å². The summed E-state index contributed by atoms with van der Waals surface area (Å²) in [5.74, 6) is 1.39. The average molecular weight is 310 g/mol. The third-order valence-corrected chi connectivity index (χ3v) is 4.00. The summed E-state index contributed by atoms with van der Waals surface area (Å²) in [5.41, 5.74) is 0. The highest BCUT2D eigenvalue weighted by molar-refractivity contribution is 7.80. The molecule has 116 valence electrons. The Morgan fingerprint density at radius 1 is 0.857 bits per heavy atom. The van der Waals surface area contributed by atoms with Crippen LogP contribution in [0.15, 0.2) is 23.1 Å². The quantitative estimate of drug-likeness (QED) is 0.859. The SMILES string of the molecule is Sc1ccc(OC2CCCCO2)c(OC2CCCCO2)c1. The van der Waals surface area contributed by atoms with Gasteiger partial charge in [-0.25, -0.2) is 0 Å². The van der Waals surface area contributed by atoms with Crippen molar-refractivity contribution in [2.45, 2.75) is 56.0 Å². The third kappa shape index (κ3) is 4.28. The molecule has 2 aliphatic rings. The molecular formula is C16H22O4S. The van der Waals surface area contributed by atoms with Gasteiger partial charge in [-0.1, -0.05) is 0 Å². The molecule has 4 nitrogen and oxygen atoms in total. The Morgan fingerprint density at radius 2 is 1.48 bits per heavy atom. The van der Waals surface area contributed by atoms with Gasteiger partial charge in [-0.2, -0.15) is 0 Å². The van der Waals surface area contributed by atoms with Gasteiger partial charge in [0, 0.05) is 17.7 Å². The van der Waals surface area contributed by atoms with E-state index in [4.69, 9.17) is 18.9 Å². The van der Waals surface area contributed by atoms with Crippen LogP contribution in [-0.2, 0) is 9.47 Å². The van der Waals surface area contributed by atoms with Gasteiger partial charge in [0.15, 0.2) is 24.1 Å². The Bertz CT molecular complexity index is 454. The first-order valence-electron chi connectivity index (χ1n) is 7.71. The monoisotopic (exact) mass is 310 g/mol. The number of hydrogen-bond acceptors (Lipinski definition) is 5. The molecule has 2 atom stereocenters. The highest BCUT2D eigenvalue weighted by atomic mass is 32.1. The summed E-state index contributed by atoms with van der Waals surface area (Å²) in [6.07, 6.45) is 5.94. The van der Waals surface area contributed by atoms with Crippen LogP contribution in [0, 0.1) is 0 Å². The van der Waals surface area contributed by atoms with Crippen molar-refractivity contribution in [3.63, 3.8) is 0 Å². The molecule has 2 aliphatic heterocycles. The van der Waals surface area contributed by atoms with Crippen LogP contribution in [-0.4, -0.2) is 25.8 Å². The zero-order valence-electron chi connectivity index (χ0n) is 12.1. The Kier molecular flexibility index (Phi) is 5.27. The Balaban J connectivity index is 1.69. The highest BCUT2D eigenvalue weighted by Gasteiger charge is 2.21. The zero-order valence-corrected chi connectivity index (χ0v) is 13.0. The predicted octanol–water partition coefficient (Wildman–Crippen LogP) is 3.79. The summed E-state index contributed by atoms with van der Waals surface area (Å²) >= 11 is 4.38. The summed E-state index contributed by atoms with van der Waals surface area (Å²) in [5, 5.41) is 0. The third-order valence-electron chi connectivity index (χ3n) is 3.72. The molecule has 0 N–H and O–H groups in total. The fraction of sp³-hybridized carbons (Fsp3) is 0.625. The van der Waals surface area contributed by atoms with Gasteiger partial charge in [0.25, 0.3) is 0 Å². The molecule has 2 fully saturated rings. The summed E-state index contributed by atoms with van der Waals surface area (Å²) < 4.78 is 23.2. The summed E-state index contributed by atoms with van der Waals surface area (Å²) in [4.78, 5) is 0.845. The lowest BCUT2D eigenvalue weighted by atomic mass is 10.2. The van der Waals surface area contributed by atoms with Gasteiger partial charge in [0.2, 0.25) is 0 Å². The molecule has 1 aromatic carbocycles. The average Bonchev–Trinajstić information content (AvgIpc) is 2.52. The molecular weight excluding hydrogens is 288 g/mol. The van der Waals surface area contributed by atoms with Crippen molar-refractivity contribution in [3.05, 3.63) is 18.2 Å². The Hall–Kier alpha value is -0.910. The summed E-state index contributed by atoms with van der Waals surface area (Å²) in [7, 11) is 0. The van der Waals surface area contributed by atoms with Crippen molar-refractivity contribution >= 4 is 12.6 Å². The van der Waals surface area contributed by atoms with E-state index in [1.807, 2.05) is 18.2 Å². The minimum absolute atomic E-state index is 0.181. The largest absolute Gasteiger partial charge is 0.461 e. The molecule has 0 spiro atoms. The van der Waals surface area contributed by atoms with Crippen molar-refractivity contribution in [1.82, 2.24) is 0 Å². The van der Waals surface area contributed by atoms with E-state index in [1.54, 1.807) is 0 Å². The van der Waals surface area contributed by atoms with Crippen LogP contribution in [0.1, 0.15) is 38.5 Å². The van der Waals surface area contributed by atoms with Crippen LogP contribution >= 0.6 is 12.6 Å². The second-order valence-electron chi connectivity index (χ2n) is 5.46. The smallest absolute Gasteiger partial charge is 0.200 e. The molecule has 1 aromatic rings. The van der Waals surface area contributed by atoms with Crippen molar-refractivity contribution in [1.29, 1.82) is 0 Å². The van der Waals surface area contributed by atoms with Crippen LogP contribution < -0.4 is 9.47 Å². The lowest BCUT2D eigenvalue weighted by Gasteiger charge is -2.27. The van der Waals surface area contributed by atoms with E-state index in [-0.39, 0.29) is 12.6 Å². The number of benzene rings is 1. The Labute approximate surface area is 131 Å². The van der Waals surface area contributed by atoms with Crippen molar-refractivity contribution in [2.24, 2.45) is 0 Å². The molecule has 2 heterocycles. The van der Waals surface area contributed by atoms with Crippen molar-refractivity contribution in [3.8, 4) is 11.5 Å². The maximum Gasteiger partial charge on any atom is 0.200 e. The maximum atomic E-state index is 5.96. The molecule has 3 rings (SSSR count).